The fourth-order valence-electron chi connectivity index (χ4n) is 3.08. The summed E-state index contributed by atoms with van der Waals surface area (Å²) in [5.74, 6) is 0.166. The van der Waals surface area contributed by atoms with E-state index in [0.29, 0.717) is 27.5 Å². The number of aryl methyl sites for hydroxylation is 2. The van der Waals surface area contributed by atoms with Crippen LogP contribution in [0.25, 0.3) is 10.2 Å². The largest absolute Gasteiger partial charge is 0.482 e. The first-order valence-electron chi connectivity index (χ1n) is 9.56. The van der Waals surface area contributed by atoms with Crippen LogP contribution < -0.4 is 9.64 Å². The Kier molecular flexibility index (Phi) is 6.41. The number of anilines is 1. The van der Waals surface area contributed by atoms with Gasteiger partial charge in [-0.25, -0.2) is 4.98 Å². The molecule has 0 saturated carbocycles. The number of benzene rings is 2. The van der Waals surface area contributed by atoms with E-state index in [0.717, 1.165) is 26.9 Å². The second-order valence-corrected chi connectivity index (χ2v) is 8.91. The summed E-state index contributed by atoms with van der Waals surface area (Å²) in [7, 11) is 0. The lowest BCUT2D eigenvalue weighted by molar-refractivity contribution is -0.120. The molecule has 0 aliphatic carbocycles. The number of rotatable bonds is 6. The van der Waals surface area contributed by atoms with Crippen molar-refractivity contribution in [2.45, 2.75) is 20.4 Å². The van der Waals surface area contributed by atoms with E-state index in [1.54, 1.807) is 35.5 Å². The molecule has 0 unspecified atom stereocenters. The van der Waals surface area contributed by atoms with E-state index in [1.807, 2.05) is 25.1 Å². The molecular weight excluding hydrogens is 453 g/mol. The van der Waals surface area contributed by atoms with Gasteiger partial charge < -0.3 is 4.74 Å². The van der Waals surface area contributed by atoms with Gasteiger partial charge in [-0.3, -0.25) is 14.7 Å². The second-order valence-electron chi connectivity index (χ2n) is 7.06. The third-order valence-corrected chi connectivity index (χ3v) is 6.49. The summed E-state index contributed by atoms with van der Waals surface area (Å²) >= 11 is 13.6. The Balaban J connectivity index is 1.64. The first-order chi connectivity index (χ1) is 14.9. The van der Waals surface area contributed by atoms with E-state index in [2.05, 4.69) is 18.0 Å². The van der Waals surface area contributed by atoms with Crippen molar-refractivity contribution in [3.05, 3.63) is 81.6 Å². The molecular formula is C23H19Cl2N3O2S. The van der Waals surface area contributed by atoms with Gasteiger partial charge in [0.05, 0.1) is 21.8 Å². The Morgan fingerprint density at radius 1 is 1.16 bits per heavy atom. The van der Waals surface area contributed by atoms with Gasteiger partial charge in [-0.05, 0) is 60.9 Å². The van der Waals surface area contributed by atoms with E-state index in [-0.39, 0.29) is 12.5 Å². The molecule has 5 nitrogen and oxygen atoms in total. The van der Waals surface area contributed by atoms with E-state index >= 15 is 0 Å². The van der Waals surface area contributed by atoms with Crippen LogP contribution in [0.3, 0.4) is 0 Å². The number of pyridine rings is 1. The second kappa shape index (κ2) is 9.22. The molecule has 8 heteroatoms. The minimum absolute atomic E-state index is 0.185. The molecule has 2 aromatic carbocycles. The average molecular weight is 472 g/mol. The number of hydrogen-bond acceptors (Lipinski definition) is 5. The first-order valence-corrected chi connectivity index (χ1v) is 11.1. The van der Waals surface area contributed by atoms with Crippen molar-refractivity contribution in [2.75, 3.05) is 11.5 Å². The zero-order chi connectivity index (χ0) is 22.0. The quantitative estimate of drug-likeness (QED) is 0.334. The predicted molar refractivity (Wildman–Crippen MR) is 126 cm³/mol. The highest BCUT2D eigenvalue weighted by Crippen LogP contribution is 2.33. The molecule has 0 fully saturated rings. The van der Waals surface area contributed by atoms with Crippen LogP contribution in [0.5, 0.6) is 5.75 Å². The number of nitrogens with zero attached hydrogens (tertiary/aromatic N) is 3. The normalized spacial score (nSPS) is 11.0. The van der Waals surface area contributed by atoms with Crippen molar-refractivity contribution in [1.82, 2.24) is 9.97 Å². The van der Waals surface area contributed by atoms with Gasteiger partial charge in [0.25, 0.3) is 5.91 Å². The number of ether oxygens (including phenoxy) is 1. The van der Waals surface area contributed by atoms with Crippen LogP contribution in [0, 0.1) is 13.8 Å². The lowest BCUT2D eigenvalue weighted by Crippen LogP contribution is -2.34. The number of hydrogen-bond donors (Lipinski definition) is 0. The van der Waals surface area contributed by atoms with Crippen LogP contribution in [0.4, 0.5) is 5.13 Å². The van der Waals surface area contributed by atoms with E-state index in [9.17, 15) is 4.79 Å². The molecule has 0 atom stereocenters. The maximum Gasteiger partial charge on any atom is 0.267 e. The van der Waals surface area contributed by atoms with Crippen LogP contribution in [-0.4, -0.2) is 22.5 Å². The third kappa shape index (κ3) is 4.82. The minimum atomic E-state index is -0.233. The molecule has 1 amide bonds. The highest BCUT2D eigenvalue weighted by Gasteiger charge is 2.22. The molecule has 0 radical (unpaired) electrons. The van der Waals surface area contributed by atoms with Crippen molar-refractivity contribution in [1.29, 1.82) is 0 Å². The van der Waals surface area contributed by atoms with E-state index in [4.69, 9.17) is 32.9 Å². The summed E-state index contributed by atoms with van der Waals surface area (Å²) in [6.45, 7) is 4.24. The van der Waals surface area contributed by atoms with Crippen molar-refractivity contribution in [2.24, 2.45) is 0 Å². The Morgan fingerprint density at radius 3 is 2.74 bits per heavy atom. The Hall–Kier alpha value is -2.67. The van der Waals surface area contributed by atoms with Gasteiger partial charge in [-0.2, -0.15) is 0 Å². The molecule has 0 spiro atoms. The van der Waals surface area contributed by atoms with Crippen molar-refractivity contribution < 1.29 is 9.53 Å². The van der Waals surface area contributed by atoms with Crippen LogP contribution in [0.1, 0.15) is 16.7 Å². The molecule has 31 heavy (non-hydrogen) atoms. The van der Waals surface area contributed by atoms with Gasteiger partial charge in [0.1, 0.15) is 5.75 Å². The maximum atomic E-state index is 13.2. The summed E-state index contributed by atoms with van der Waals surface area (Å²) < 4.78 is 6.72. The molecule has 0 saturated heterocycles. The number of amides is 1. The molecule has 158 valence electrons. The number of thiazole rings is 1. The minimum Gasteiger partial charge on any atom is -0.482 e. The molecule has 0 bridgehead atoms. The zero-order valence-corrected chi connectivity index (χ0v) is 19.3. The fraction of sp³-hybridized carbons (Fsp3) is 0.174. The highest BCUT2D eigenvalue weighted by atomic mass is 35.5. The Bertz CT molecular complexity index is 1240. The smallest absolute Gasteiger partial charge is 0.267 e. The van der Waals surface area contributed by atoms with Crippen LogP contribution >= 0.6 is 34.5 Å². The molecule has 2 heterocycles. The topological polar surface area (TPSA) is 55.3 Å². The summed E-state index contributed by atoms with van der Waals surface area (Å²) in [5, 5.41) is 1.47. The highest BCUT2D eigenvalue weighted by molar-refractivity contribution is 7.22. The molecule has 2 aromatic heterocycles. The summed E-state index contributed by atoms with van der Waals surface area (Å²) in [4.78, 5) is 23.8. The van der Waals surface area contributed by atoms with Gasteiger partial charge >= 0.3 is 0 Å². The lowest BCUT2D eigenvalue weighted by atomic mass is 10.1. The molecule has 0 aliphatic rings. The molecule has 0 aliphatic heterocycles. The van der Waals surface area contributed by atoms with Crippen LogP contribution in [-0.2, 0) is 11.3 Å². The third-order valence-electron chi connectivity index (χ3n) is 4.91. The molecule has 4 aromatic rings. The van der Waals surface area contributed by atoms with Crippen molar-refractivity contribution in [3.63, 3.8) is 0 Å². The van der Waals surface area contributed by atoms with Crippen molar-refractivity contribution in [3.8, 4) is 5.75 Å². The maximum absolute atomic E-state index is 13.2. The number of aromatic nitrogens is 2. The number of halogens is 2. The lowest BCUT2D eigenvalue weighted by Gasteiger charge is -2.20. The number of carbonyl (C=O) groups is 1. The number of fused-ring (bicyclic) bond motifs is 1. The van der Waals surface area contributed by atoms with Crippen molar-refractivity contribution >= 4 is 55.8 Å². The van der Waals surface area contributed by atoms with Crippen LogP contribution in [0.2, 0.25) is 10.0 Å². The number of carbonyl (C=O) groups excluding carboxylic acids is 1. The van der Waals surface area contributed by atoms with E-state index < -0.39 is 0 Å². The summed E-state index contributed by atoms with van der Waals surface area (Å²) in [5.41, 5.74) is 4.08. The monoisotopic (exact) mass is 471 g/mol. The van der Waals surface area contributed by atoms with Gasteiger partial charge in [-0.1, -0.05) is 46.7 Å². The van der Waals surface area contributed by atoms with Crippen LogP contribution in [0.15, 0.2) is 54.9 Å². The average Bonchev–Trinajstić information content (AvgIpc) is 3.19. The van der Waals surface area contributed by atoms with E-state index in [1.165, 1.54) is 11.3 Å². The zero-order valence-electron chi connectivity index (χ0n) is 16.9. The van der Waals surface area contributed by atoms with Gasteiger partial charge in [0.2, 0.25) is 0 Å². The molecule has 0 N–H and O–H groups in total. The first kappa shape index (κ1) is 21.6. The standard InChI is InChI=1S/C23H19Cl2N3O2S/c1-14-5-8-20-22(15(14)2)27-23(31-20)28(12-16-4-3-9-26-11-16)21(29)13-30-19-7-6-17(24)10-18(19)25/h3-11H,12-13H2,1-2H3. The Morgan fingerprint density at radius 2 is 2.00 bits per heavy atom. The predicted octanol–water partition coefficient (Wildman–Crippen LogP) is 6.23. The SMILES string of the molecule is Cc1ccc2sc(N(Cc3cccnc3)C(=O)COc3ccc(Cl)cc3Cl)nc2c1C. The summed E-state index contributed by atoms with van der Waals surface area (Å²) in [6.07, 6.45) is 3.44. The Labute approximate surface area is 194 Å². The van der Waals surface area contributed by atoms with Gasteiger partial charge in [-0.15, -0.1) is 0 Å². The molecule has 4 rings (SSSR count). The summed E-state index contributed by atoms with van der Waals surface area (Å²) in [6, 6.07) is 12.8. The van der Waals surface area contributed by atoms with Gasteiger partial charge in [0.15, 0.2) is 11.7 Å². The van der Waals surface area contributed by atoms with Gasteiger partial charge in [0, 0.05) is 17.4 Å². The fourth-order valence-corrected chi connectivity index (χ4v) is 4.58.